The number of nitrogens with one attached hydrogen (secondary N) is 3. The number of benzene rings is 3. The van der Waals surface area contributed by atoms with E-state index in [4.69, 9.17) is 9.47 Å². The van der Waals surface area contributed by atoms with Crippen molar-refractivity contribution in [3.8, 4) is 11.5 Å². The highest BCUT2D eigenvalue weighted by molar-refractivity contribution is 5.93. The predicted octanol–water partition coefficient (Wildman–Crippen LogP) is 4.03. The second kappa shape index (κ2) is 10.5. The Balaban J connectivity index is 1.42. The molecule has 0 aliphatic carbocycles. The molecule has 0 fully saturated rings. The molecule has 0 saturated carbocycles. The van der Waals surface area contributed by atoms with Gasteiger partial charge in [0.05, 0.1) is 0 Å². The number of carbonyl (C=O) groups excluding carboxylic acids is 2. The van der Waals surface area contributed by atoms with E-state index in [1.165, 1.54) is 7.05 Å². The van der Waals surface area contributed by atoms with Crippen molar-refractivity contribution >= 4 is 23.3 Å². The molecule has 3 N–H and O–H groups in total. The van der Waals surface area contributed by atoms with E-state index in [0.717, 1.165) is 11.3 Å². The summed E-state index contributed by atoms with van der Waals surface area (Å²) in [7, 11) is 1.54. The lowest BCUT2D eigenvalue weighted by Crippen LogP contribution is -2.24. The Morgan fingerprint density at radius 1 is 0.733 bits per heavy atom. The van der Waals surface area contributed by atoms with Gasteiger partial charge in [0, 0.05) is 18.4 Å². The van der Waals surface area contributed by atoms with Gasteiger partial charge in [-0.15, -0.1) is 0 Å². The number of urea groups is 1. The third-order valence-electron chi connectivity index (χ3n) is 4.10. The summed E-state index contributed by atoms with van der Waals surface area (Å²) in [5.41, 5.74) is 2.32. The van der Waals surface area contributed by atoms with Crippen molar-refractivity contribution in [2.45, 2.75) is 6.61 Å². The van der Waals surface area contributed by atoms with Gasteiger partial charge in [-0.05, 0) is 54.1 Å². The molecule has 3 rings (SSSR count). The Morgan fingerprint density at radius 3 is 1.90 bits per heavy atom. The molecule has 0 saturated heterocycles. The van der Waals surface area contributed by atoms with Crippen molar-refractivity contribution in [1.29, 1.82) is 0 Å². The molecule has 3 aromatic rings. The zero-order valence-corrected chi connectivity index (χ0v) is 16.6. The number of rotatable bonds is 8. The zero-order valence-electron chi connectivity index (χ0n) is 16.6. The van der Waals surface area contributed by atoms with E-state index in [9.17, 15) is 9.59 Å². The van der Waals surface area contributed by atoms with Crippen LogP contribution in [0.4, 0.5) is 16.2 Å². The highest BCUT2D eigenvalue weighted by Gasteiger charge is 2.05. The molecule has 0 heterocycles. The van der Waals surface area contributed by atoms with Crippen LogP contribution >= 0.6 is 0 Å². The van der Waals surface area contributed by atoms with E-state index in [1.54, 1.807) is 48.5 Å². The Bertz CT molecular complexity index is 958. The first kappa shape index (κ1) is 20.7. The van der Waals surface area contributed by atoms with E-state index in [2.05, 4.69) is 16.0 Å². The topological polar surface area (TPSA) is 88.7 Å². The van der Waals surface area contributed by atoms with Gasteiger partial charge in [-0.1, -0.05) is 30.3 Å². The van der Waals surface area contributed by atoms with E-state index in [0.29, 0.717) is 23.7 Å². The molecule has 154 valence electrons. The molecule has 7 heteroatoms. The first-order valence-electron chi connectivity index (χ1n) is 9.40. The molecule has 0 atom stereocenters. The maximum absolute atomic E-state index is 12.1. The maximum atomic E-state index is 12.1. The molecule has 0 unspecified atom stereocenters. The van der Waals surface area contributed by atoms with E-state index in [1.807, 2.05) is 30.3 Å². The summed E-state index contributed by atoms with van der Waals surface area (Å²) in [4.78, 5) is 23.4. The van der Waals surface area contributed by atoms with Crippen molar-refractivity contribution in [2.24, 2.45) is 0 Å². The minimum atomic E-state index is -0.309. The molecule has 30 heavy (non-hydrogen) atoms. The van der Waals surface area contributed by atoms with Gasteiger partial charge in [0.2, 0.25) is 0 Å². The Hall–Kier alpha value is -4.00. The summed E-state index contributed by atoms with van der Waals surface area (Å²) in [6.07, 6.45) is 0. The fourth-order valence-electron chi connectivity index (χ4n) is 2.55. The van der Waals surface area contributed by atoms with Crippen molar-refractivity contribution < 1.29 is 19.1 Å². The van der Waals surface area contributed by atoms with Crippen LogP contribution in [0.2, 0.25) is 0 Å². The van der Waals surface area contributed by atoms with Crippen LogP contribution in [0.5, 0.6) is 11.5 Å². The van der Waals surface area contributed by atoms with Gasteiger partial charge in [0.15, 0.2) is 6.61 Å². The molecule has 0 radical (unpaired) electrons. The van der Waals surface area contributed by atoms with Gasteiger partial charge in [-0.3, -0.25) is 4.79 Å². The Morgan fingerprint density at radius 2 is 1.30 bits per heavy atom. The minimum Gasteiger partial charge on any atom is -0.489 e. The molecule has 0 aliphatic rings. The summed E-state index contributed by atoms with van der Waals surface area (Å²) in [5, 5.41) is 7.85. The first-order chi connectivity index (χ1) is 14.6. The lowest BCUT2D eigenvalue weighted by Gasteiger charge is -2.10. The fraction of sp³-hybridized carbons (Fsp3) is 0.130. The molecule has 7 nitrogen and oxygen atoms in total. The monoisotopic (exact) mass is 405 g/mol. The van der Waals surface area contributed by atoms with Gasteiger partial charge < -0.3 is 25.4 Å². The van der Waals surface area contributed by atoms with Crippen LogP contribution in [0.25, 0.3) is 0 Å². The largest absolute Gasteiger partial charge is 0.489 e. The fourth-order valence-corrected chi connectivity index (χ4v) is 2.55. The average molecular weight is 405 g/mol. The first-order valence-corrected chi connectivity index (χ1v) is 9.40. The van der Waals surface area contributed by atoms with Gasteiger partial charge in [0.25, 0.3) is 5.91 Å². The lowest BCUT2D eigenvalue weighted by atomic mass is 10.2. The molecule has 0 spiro atoms. The van der Waals surface area contributed by atoms with Crippen molar-refractivity contribution in [3.63, 3.8) is 0 Å². The van der Waals surface area contributed by atoms with Crippen LogP contribution in [0.3, 0.4) is 0 Å². The van der Waals surface area contributed by atoms with Crippen LogP contribution in [0.15, 0.2) is 78.9 Å². The summed E-state index contributed by atoms with van der Waals surface area (Å²) in [6.45, 7) is 0.364. The average Bonchev–Trinajstić information content (AvgIpc) is 2.79. The van der Waals surface area contributed by atoms with Crippen molar-refractivity contribution in [3.05, 3.63) is 84.4 Å². The van der Waals surface area contributed by atoms with E-state index in [-0.39, 0.29) is 18.5 Å². The van der Waals surface area contributed by atoms with Crippen molar-refractivity contribution in [1.82, 2.24) is 5.32 Å². The van der Waals surface area contributed by atoms with Gasteiger partial charge in [-0.25, -0.2) is 4.79 Å². The zero-order chi connectivity index (χ0) is 21.2. The van der Waals surface area contributed by atoms with E-state index < -0.39 is 0 Å². The third-order valence-corrected chi connectivity index (χ3v) is 4.10. The Kier molecular flexibility index (Phi) is 7.27. The highest BCUT2D eigenvalue weighted by atomic mass is 16.5. The maximum Gasteiger partial charge on any atom is 0.318 e. The number of hydrogen-bond acceptors (Lipinski definition) is 4. The minimum absolute atomic E-state index is 0.123. The predicted molar refractivity (Wildman–Crippen MR) is 116 cm³/mol. The number of hydrogen-bond donors (Lipinski definition) is 3. The second-order valence-electron chi connectivity index (χ2n) is 6.36. The number of carbonyl (C=O) groups is 2. The number of amides is 3. The highest BCUT2D eigenvalue weighted by Crippen LogP contribution is 2.19. The molecule has 0 bridgehead atoms. The van der Waals surface area contributed by atoms with Crippen LogP contribution in [-0.2, 0) is 11.4 Å². The molecular weight excluding hydrogens is 382 g/mol. The number of anilines is 2. The molecule has 3 amide bonds. The third kappa shape index (κ3) is 6.56. The molecular formula is C23H23N3O4. The molecule has 0 aromatic heterocycles. The lowest BCUT2D eigenvalue weighted by molar-refractivity contribution is -0.118. The quantitative estimate of drug-likeness (QED) is 0.528. The SMILES string of the molecule is CNC(=O)Nc1ccc(NC(=O)COc2ccc(OCc3ccccc3)cc2)cc1. The molecule has 3 aromatic carbocycles. The van der Waals surface area contributed by atoms with E-state index >= 15 is 0 Å². The smallest absolute Gasteiger partial charge is 0.318 e. The van der Waals surface area contributed by atoms with Crippen LogP contribution in [0, 0.1) is 0 Å². The van der Waals surface area contributed by atoms with Gasteiger partial charge in [0.1, 0.15) is 18.1 Å². The summed E-state index contributed by atoms with van der Waals surface area (Å²) < 4.78 is 11.2. The second-order valence-corrected chi connectivity index (χ2v) is 6.36. The summed E-state index contributed by atoms with van der Waals surface area (Å²) >= 11 is 0. The summed E-state index contributed by atoms with van der Waals surface area (Å²) in [6, 6.07) is 23.5. The standard InChI is InChI=1S/C23H23N3O4/c1-24-23(28)26-19-9-7-18(8-10-19)25-22(27)16-30-21-13-11-20(12-14-21)29-15-17-5-3-2-4-6-17/h2-14H,15-16H2,1H3,(H,25,27)(H2,24,26,28). The number of ether oxygens (including phenoxy) is 2. The van der Waals surface area contributed by atoms with Crippen LogP contribution in [-0.4, -0.2) is 25.6 Å². The Labute approximate surface area is 175 Å². The summed E-state index contributed by atoms with van der Waals surface area (Å²) in [5.74, 6) is 1.01. The van der Waals surface area contributed by atoms with Crippen molar-refractivity contribution in [2.75, 3.05) is 24.3 Å². The van der Waals surface area contributed by atoms with Crippen LogP contribution in [0.1, 0.15) is 5.56 Å². The van der Waals surface area contributed by atoms with Crippen LogP contribution < -0.4 is 25.4 Å². The normalized spacial score (nSPS) is 10.0. The van der Waals surface area contributed by atoms with Gasteiger partial charge in [-0.2, -0.15) is 0 Å². The molecule has 0 aliphatic heterocycles. The van der Waals surface area contributed by atoms with Gasteiger partial charge >= 0.3 is 6.03 Å².